The van der Waals surface area contributed by atoms with E-state index in [0.717, 1.165) is 62.9 Å². The van der Waals surface area contributed by atoms with Crippen molar-refractivity contribution in [3.63, 3.8) is 0 Å². The van der Waals surface area contributed by atoms with Gasteiger partial charge >= 0.3 is 11.9 Å². The van der Waals surface area contributed by atoms with Crippen LogP contribution in [0.25, 0.3) is 0 Å². The molecule has 0 fully saturated rings. The first-order chi connectivity index (χ1) is 14.9. The first kappa shape index (κ1) is 35.2. The first-order valence-corrected chi connectivity index (χ1v) is 15.4. The standard InChI is InChI=1S/C19H38O2S6.C3H6O2/c1-4-6-8-14(22)16(24)10-12-26-19(3,18(20)21)27-13-11-17(25)15(23)9-7-5-2;1-2-3(4)5/h14-17,22-25H,4-13H2,1-3H3,(H,20,21);2H2,1H3,(H,4,5). The molecule has 0 aromatic rings. The highest BCUT2D eigenvalue weighted by molar-refractivity contribution is 8.19. The number of unbranched alkanes of at least 4 members (excludes halogenated alkanes) is 2. The summed E-state index contributed by atoms with van der Waals surface area (Å²) in [5.41, 5.74) is 0. The summed E-state index contributed by atoms with van der Waals surface area (Å²) in [4.78, 5) is 21.2. The number of carboxylic acid groups (broad SMARTS) is 2. The molecule has 0 aliphatic rings. The molecule has 0 rings (SSSR count). The monoisotopic (exact) mass is 564 g/mol. The molecule has 4 nitrogen and oxygen atoms in total. The lowest BCUT2D eigenvalue weighted by Crippen LogP contribution is -2.29. The molecule has 0 saturated heterocycles. The summed E-state index contributed by atoms with van der Waals surface area (Å²) in [5.74, 6) is 0.0579. The van der Waals surface area contributed by atoms with Crippen molar-refractivity contribution in [2.24, 2.45) is 0 Å². The molecule has 4 unspecified atom stereocenters. The lowest BCUT2D eigenvalue weighted by molar-refractivity contribution is -0.137. The van der Waals surface area contributed by atoms with Gasteiger partial charge in [0.2, 0.25) is 0 Å². The molecule has 0 aromatic carbocycles. The Balaban J connectivity index is 0. The largest absolute Gasteiger partial charge is 0.481 e. The zero-order valence-corrected chi connectivity index (χ0v) is 25.1. The Labute approximate surface area is 226 Å². The van der Waals surface area contributed by atoms with E-state index in [4.69, 9.17) is 5.11 Å². The van der Waals surface area contributed by atoms with Gasteiger partial charge in [0.15, 0.2) is 4.08 Å². The van der Waals surface area contributed by atoms with Gasteiger partial charge in [-0.15, -0.1) is 23.5 Å². The van der Waals surface area contributed by atoms with Crippen LogP contribution in [-0.4, -0.2) is 58.7 Å². The Kier molecular flexibility index (Phi) is 23.5. The van der Waals surface area contributed by atoms with Gasteiger partial charge in [-0.25, -0.2) is 4.79 Å². The average molecular weight is 565 g/mol. The number of rotatable bonds is 18. The summed E-state index contributed by atoms with van der Waals surface area (Å²) in [6, 6.07) is 0. The van der Waals surface area contributed by atoms with Crippen molar-refractivity contribution >= 4 is 86.0 Å². The molecule has 0 aliphatic carbocycles. The third kappa shape index (κ3) is 18.4. The summed E-state index contributed by atoms with van der Waals surface area (Å²) in [6.07, 6.45) is 8.76. The number of aliphatic carboxylic acids is 2. The maximum absolute atomic E-state index is 11.8. The summed E-state index contributed by atoms with van der Waals surface area (Å²) in [7, 11) is 0. The van der Waals surface area contributed by atoms with Gasteiger partial charge in [-0.1, -0.05) is 46.5 Å². The second-order valence-corrected chi connectivity index (χ2v) is 13.8. The highest BCUT2D eigenvalue weighted by atomic mass is 32.2. The Morgan fingerprint density at radius 2 is 1.06 bits per heavy atom. The van der Waals surface area contributed by atoms with Crippen LogP contribution in [0.15, 0.2) is 0 Å². The normalized spacial score (nSPS) is 16.8. The van der Waals surface area contributed by atoms with Crippen molar-refractivity contribution in [2.45, 2.75) is 111 Å². The van der Waals surface area contributed by atoms with Crippen LogP contribution in [0.1, 0.15) is 85.5 Å². The zero-order chi connectivity index (χ0) is 25.2. The lowest BCUT2D eigenvalue weighted by Gasteiger charge is -2.26. The lowest BCUT2D eigenvalue weighted by atomic mass is 10.1. The number of thioether (sulfide) groups is 2. The van der Waals surface area contributed by atoms with E-state index in [0.29, 0.717) is 0 Å². The highest BCUT2D eigenvalue weighted by Crippen LogP contribution is 2.39. The number of carbonyl (C=O) groups is 2. The maximum atomic E-state index is 11.8. The topological polar surface area (TPSA) is 74.6 Å². The van der Waals surface area contributed by atoms with Gasteiger partial charge in [0, 0.05) is 27.4 Å². The third-order valence-corrected chi connectivity index (χ3v) is 10.8. The van der Waals surface area contributed by atoms with Gasteiger partial charge in [0.05, 0.1) is 0 Å². The minimum atomic E-state index is -0.827. The van der Waals surface area contributed by atoms with Crippen molar-refractivity contribution in [2.75, 3.05) is 11.5 Å². The number of hydrogen-bond donors (Lipinski definition) is 6. The fourth-order valence-electron chi connectivity index (χ4n) is 2.51. The van der Waals surface area contributed by atoms with E-state index < -0.39 is 16.0 Å². The molecule has 10 heteroatoms. The van der Waals surface area contributed by atoms with Crippen molar-refractivity contribution in [3.8, 4) is 0 Å². The maximum Gasteiger partial charge on any atom is 0.329 e. The Morgan fingerprint density at radius 3 is 1.31 bits per heavy atom. The van der Waals surface area contributed by atoms with Crippen molar-refractivity contribution < 1.29 is 19.8 Å². The highest BCUT2D eigenvalue weighted by Gasteiger charge is 2.34. The van der Waals surface area contributed by atoms with E-state index in [1.54, 1.807) is 6.92 Å². The van der Waals surface area contributed by atoms with Gasteiger partial charge in [0.1, 0.15) is 0 Å². The molecule has 0 aliphatic heterocycles. The second kappa shape index (κ2) is 21.3. The molecule has 2 N–H and O–H groups in total. The quantitative estimate of drug-likeness (QED) is 0.0789. The van der Waals surface area contributed by atoms with E-state index in [9.17, 15) is 14.7 Å². The van der Waals surface area contributed by atoms with Crippen LogP contribution in [-0.2, 0) is 9.59 Å². The molecule has 192 valence electrons. The minimum absolute atomic E-state index is 0.209. The second-order valence-electron chi connectivity index (χ2n) is 7.83. The minimum Gasteiger partial charge on any atom is -0.481 e. The Morgan fingerprint density at radius 1 is 0.750 bits per heavy atom. The van der Waals surface area contributed by atoms with Crippen molar-refractivity contribution in [1.29, 1.82) is 0 Å². The fourth-order valence-corrected chi connectivity index (χ4v) is 6.68. The van der Waals surface area contributed by atoms with Crippen LogP contribution in [0.2, 0.25) is 0 Å². The van der Waals surface area contributed by atoms with Crippen LogP contribution < -0.4 is 0 Å². The van der Waals surface area contributed by atoms with Gasteiger partial charge in [-0.2, -0.15) is 50.5 Å². The molecule has 0 spiro atoms. The number of thiol groups is 4. The summed E-state index contributed by atoms with van der Waals surface area (Å²) >= 11 is 21.6. The molecule has 0 saturated carbocycles. The zero-order valence-electron chi connectivity index (χ0n) is 19.9. The molecule has 0 amide bonds. The summed E-state index contributed by atoms with van der Waals surface area (Å²) in [5, 5.41) is 18.4. The molecule has 32 heavy (non-hydrogen) atoms. The SMILES string of the molecule is CCC(=O)O.CCCCC(S)C(S)CCSC(C)(SCCC(S)C(S)CCCC)C(=O)O. The Hall–Kier alpha value is 1.04. The summed E-state index contributed by atoms with van der Waals surface area (Å²) in [6.45, 7) is 7.77. The van der Waals surface area contributed by atoms with E-state index >= 15 is 0 Å². The fraction of sp³-hybridized carbons (Fsp3) is 0.909. The van der Waals surface area contributed by atoms with Crippen LogP contribution >= 0.6 is 74.0 Å². The van der Waals surface area contributed by atoms with Gasteiger partial charge in [-0.05, 0) is 44.1 Å². The van der Waals surface area contributed by atoms with Gasteiger partial charge < -0.3 is 10.2 Å². The predicted molar refractivity (Wildman–Crippen MR) is 158 cm³/mol. The van der Waals surface area contributed by atoms with Gasteiger partial charge in [0.25, 0.3) is 0 Å². The van der Waals surface area contributed by atoms with Gasteiger partial charge in [-0.3, -0.25) is 4.79 Å². The number of hydrogen-bond acceptors (Lipinski definition) is 8. The smallest absolute Gasteiger partial charge is 0.329 e. The predicted octanol–water partition coefficient (Wildman–Crippen LogP) is 7.09. The average Bonchev–Trinajstić information content (AvgIpc) is 2.75. The third-order valence-electron chi connectivity index (χ3n) is 4.87. The molecule has 0 bridgehead atoms. The molecule has 4 atom stereocenters. The van der Waals surface area contributed by atoms with Crippen molar-refractivity contribution in [1.82, 2.24) is 0 Å². The summed E-state index contributed by atoms with van der Waals surface area (Å²) < 4.78 is -0.827. The van der Waals surface area contributed by atoms with Crippen LogP contribution in [0, 0.1) is 0 Å². The first-order valence-electron chi connectivity index (χ1n) is 11.4. The van der Waals surface area contributed by atoms with E-state index in [-0.39, 0.29) is 27.4 Å². The Bertz CT molecular complexity index is 469. The van der Waals surface area contributed by atoms with Crippen LogP contribution in [0.3, 0.4) is 0 Å². The van der Waals surface area contributed by atoms with Crippen LogP contribution in [0.5, 0.6) is 0 Å². The van der Waals surface area contributed by atoms with E-state index in [1.807, 2.05) is 6.92 Å². The molecule has 0 heterocycles. The number of carboxylic acids is 2. The molecule has 0 aromatic heterocycles. The van der Waals surface area contributed by atoms with Crippen LogP contribution in [0.4, 0.5) is 0 Å². The molecule has 0 radical (unpaired) electrons. The molecular weight excluding hydrogens is 521 g/mol. The van der Waals surface area contributed by atoms with Crippen molar-refractivity contribution in [3.05, 3.63) is 0 Å². The van der Waals surface area contributed by atoms with E-state index in [2.05, 4.69) is 64.4 Å². The molecular formula is C22H44O4S6. The van der Waals surface area contributed by atoms with E-state index in [1.165, 1.54) is 23.5 Å².